The van der Waals surface area contributed by atoms with E-state index in [0.29, 0.717) is 61.8 Å². The maximum Gasteiger partial charge on any atom is 0.295 e. The standard InChI is InChI=1S/C35H35N3O6/c1-3-42-30-20-25(10-13-29(30)43-21-24-8-5-4-6-9-24)32-31(33(39)26-11-12-28-27(19-26)18-23(2)44-28)34(40)35(41)38(32)16-7-15-37-17-14-36-22-37/h4-6,8-14,17,19-20,22-23,32,39H,3,7,15-16,18,21H2,1-2H3/b33-31+/t23-,32+/m1/s1. The number of ketones is 1. The fourth-order valence-electron chi connectivity index (χ4n) is 5.84. The number of fused-ring (bicyclic) bond motifs is 1. The molecule has 0 bridgehead atoms. The molecule has 0 spiro atoms. The summed E-state index contributed by atoms with van der Waals surface area (Å²) in [6, 6.07) is 19.8. The molecule has 0 radical (unpaired) electrons. The Bertz CT molecular complexity index is 1680. The Labute approximate surface area is 256 Å². The van der Waals surface area contributed by atoms with E-state index in [1.807, 2.05) is 67.1 Å². The van der Waals surface area contributed by atoms with Gasteiger partial charge >= 0.3 is 0 Å². The van der Waals surface area contributed by atoms with E-state index in [1.54, 1.807) is 41.7 Å². The van der Waals surface area contributed by atoms with E-state index < -0.39 is 17.7 Å². The number of hydrogen-bond donors (Lipinski definition) is 1. The molecule has 0 unspecified atom stereocenters. The highest BCUT2D eigenvalue weighted by Gasteiger charge is 2.46. The number of Topliss-reactive ketones (excluding diaryl/α,β-unsaturated/α-hetero) is 1. The van der Waals surface area contributed by atoms with Crippen molar-refractivity contribution < 1.29 is 28.9 Å². The number of likely N-dealkylation sites (tertiary alicyclic amines) is 1. The van der Waals surface area contributed by atoms with Crippen molar-refractivity contribution in [2.45, 2.75) is 52.0 Å². The summed E-state index contributed by atoms with van der Waals surface area (Å²) in [5, 5.41) is 11.6. The van der Waals surface area contributed by atoms with E-state index in [0.717, 1.165) is 16.9 Å². The van der Waals surface area contributed by atoms with Gasteiger partial charge in [-0.2, -0.15) is 0 Å². The largest absolute Gasteiger partial charge is 0.507 e. The van der Waals surface area contributed by atoms with Crippen LogP contribution in [0, 0.1) is 0 Å². The minimum Gasteiger partial charge on any atom is -0.507 e. The zero-order valence-corrected chi connectivity index (χ0v) is 24.8. The molecule has 1 fully saturated rings. The highest BCUT2D eigenvalue weighted by Crippen LogP contribution is 2.43. The second-order valence-corrected chi connectivity index (χ2v) is 11.0. The highest BCUT2D eigenvalue weighted by atomic mass is 16.5. The fourth-order valence-corrected chi connectivity index (χ4v) is 5.84. The van der Waals surface area contributed by atoms with E-state index in [-0.39, 0.29) is 17.4 Å². The third-order valence-corrected chi connectivity index (χ3v) is 7.90. The van der Waals surface area contributed by atoms with Crippen LogP contribution in [0.25, 0.3) is 5.76 Å². The molecule has 6 rings (SSSR count). The number of carbonyl (C=O) groups is 2. The van der Waals surface area contributed by atoms with Gasteiger partial charge in [-0.05, 0) is 67.3 Å². The predicted molar refractivity (Wildman–Crippen MR) is 164 cm³/mol. The van der Waals surface area contributed by atoms with Crippen LogP contribution in [0.15, 0.2) is 91.0 Å². The molecule has 9 heteroatoms. The minimum atomic E-state index is -0.816. The van der Waals surface area contributed by atoms with Crippen LogP contribution in [0.5, 0.6) is 17.2 Å². The van der Waals surface area contributed by atoms with Crippen molar-refractivity contribution in [1.82, 2.24) is 14.5 Å². The molecule has 0 aliphatic carbocycles. The quantitative estimate of drug-likeness (QED) is 0.135. The van der Waals surface area contributed by atoms with Crippen LogP contribution in [-0.2, 0) is 29.2 Å². The number of aromatic nitrogens is 2. The van der Waals surface area contributed by atoms with Crippen molar-refractivity contribution in [2.24, 2.45) is 0 Å². The van der Waals surface area contributed by atoms with E-state index >= 15 is 0 Å². The summed E-state index contributed by atoms with van der Waals surface area (Å²) in [6.45, 7) is 5.54. The number of amides is 1. The summed E-state index contributed by atoms with van der Waals surface area (Å²) in [5.74, 6) is 0.219. The van der Waals surface area contributed by atoms with Gasteiger partial charge in [0, 0.05) is 37.5 Å². The van der Waals surface area contributed by atoms with E-state index in [9.17, 15) is 14.7 Å². The number of ether oxygens (including phenoxy) is 3. The Balaban J connectivity index is 1.37. The Kier molecular flexibility index (Phi) is 8.36. The summed E-state index contributed by atoms with van der Waals surface area (Å²) >= 11 is 0. The number of aliphatic hydroxyl groups excluding tert-OH is 1. The molecule has 4 aromatic rings. The zero-order chi connectivity index (χ0) is 30.6. The van der Waals surface area contributed by atoms with E-state index in [4.69, 9.17) is 14.2 Å². The van der Waals surface area contributed by atoms with Gasteiger partial charge in [-0.3, -0.25) is 9.59 Å². The van der Waals surface area contributed by atoms with Crippen LogP contribution in [0.4, 0.5) is 0 Å². The number of aryl methyl sites for hydroxylation is 1. The normalized spacial score (nSPS) is 18.7. The first kappa shape index (κ1) is 29.0. The molecule has 3 aromatic carbocycles. The number of rotatable bonds is 11. The Morgan fingerprint density at radius 2 is 1.86 bits per heavy atom. The van der Waals surface area contributed by atoms with Gasteiger partial charge in [0.25, 0.3) is 11.7 Å². The number of imidazole rings is 1. The van der Waals surface area contributed by atoms with Crippen LogP contribution in [0.1, 0.15) is 48.6 Å². The molecule has 44 heavy (non-hydrogen) atoms. The molecule has 1 N–H and O–H groups in total. The van der Waals surface area contributed by atoms with Crippen LogP contribution in [0.3, 0.4) is 0 Å². The summed E-state index contributed by atoms with van der Waals surface area (Å²) in [4.78, 5) is 32.8. The van der Waals surface area contributed by atoms with Gasteiger partial charge in [-0.15, -0.1) is 0 Å². The summed E-state index contributed by atoms with van der Waals surface area (Å²) in [7, 11) is 0. The SMILES string of the molecule is CCOc1cc([C@H]2/C(=C(\O)c3ccc4c(c3)C[C@@H](C)O4)C(=O)C(=O)N2CCCn2ccnc2)ccc1OCc1ccccc1. The second-order valence-electron chi connectivity index (χ2n) is 11.0. The predicted octanol–water partition coefficient (Wildman–Crippen LogP) is 5.70. The Morgan fingerprint density at radius 1 is 1.02 bits per heavy atom. The monoisotopic (exact) mass is 593 g/mol. The number of carbonyl (C=O) groups excluding carboxylic acids is 2. The van der Waals surface area contributed by atoms with Crippen molar-refractivity contribution >= 4 is 17.4 Å². The van der Waals surface area contributed by atoms with Gasteiger partial charge < -0.3 is 28.8 Å². The van der Waals surface area contributed by atoms with Gasteiger partial charge in [0.2, 0.25) is 0 Å². The molecule has 3 heterocycles. The van der Waals surface area contributed by atoms with Crippen molar-refractivity contribution in [3.8, 4) is 17.2 Å². The molecule has 1 amide bonds. The molecule has 9 nitrogen and oxygen atoms in total. The third-order valence-electron chi connectivity index (χ3n) is 7.90. The average Bonchev–Trinajstić information content (AvgIpc) is 3.75. The van der Waals surface area contributed by atoms with Crippen LogP contribution in [0.2, 0.25) is 0 Å². The molecule has 1 saturated heterocycles. The van der Waals surface area contributed by atoms with Gasteiger partial charge in [-0.25, -0.2) is 4.98 Å². The first-order valence-corrected chi connectivity index (χ1v) is 14.9. The first-order chi connectivity index (χ1) is 21.4. The Morgan fingerprint density at radius 3 is 2.64 bits per heavy atom. The lowest BCUT2D eigenvalue weighted by atomic mass is 9.94. The smallest absolute Gasteiger partial charge is 0.295 e. The van der Waals surface area contributed by atoms with Crippen molar-refractivity contribution in [2.75, 3.05) is 13.2 Å². The number of aliphatic hydroxyl groups is 1. The highest BCUT2D eigenvalue weighted by molar-refractivity contribution is 6.46. The van der Waals surface area contributed by atoms with Crippen molar-refractivity contribution in [1.29, 1.82) is 0 Å². The molecular formula is C35H35N3O6. The number of nitrogens with zero attached hydrogens (tertiary/aromatic N) is 3. The lowest BCUT2D eigenvalue weighted by Crippen LogP contribution is -2.31. The summed E-state index contributed by atoms with van der Waals surface area (Å²) in [6.07, 6.45) is 6.59. The van der Waals surface area contributed by atoms with E-state index in [1.165, 1.54) is 0 Å². The molecule has 2 aliphatic rings. The maximum atomic E-state index is 13.6. The van der Waals surface area contributed by atoms with Crippen molar-refractivity contribution in [3.05, 3.63) is 113 Å². The minimum absolute atomic E-state index is 0.0306. The first-order valence-electron chi connectivity index (χ1n) is 14.9. The van der Waals surface area contributed by atoms with Crippen LogP contribution >= 0.6 is 0 Å². The molecule has 2 atom stereocenters. The van der Waals surface area contributed by atoms with Crippen molar-refractivity contribution in [3.63, 3.8) is 0 Å². The third kappa shape index (κ3) is 5.90. The summed E-state index contributed by atoms with van der Waals surface area (Å²) < 4.78 is 19.8. The fraction of sp³-hybridized carbons (Fsp3) is 0.286. The lowest BCUT2D eigenvalue weighted by Gasteiger charge is -2.26. The van der Waals surface area contributed by atoms with Gasteiger partial charge in [-0.1, -0.05) is 36.4 Å². The molecule has 1 aromatic heterocycles. The molecule has 2 aliphatic heterocycles. The topological polar surface area (TPSA) is 103 Å². The van der Waals surface area contributed by atoms with Crippen LogP contribution < -0.4 is 14.2 Å². The van der Waals surface area contributed by atoms with Gasteiger partial charge in [0.05, 0.1) is 24.5 Å². The lowest BCUT2D eigenvalue weighted by molar-refractivity contribution is -0.139. The van der Waals surface area contributed by atoms with E-state index in [2.05, 4.69) is 4.98 Å². The van der Waals surface area contributed by atoms with Gasteiger partial charge in [0.15, 0.2) is 11.5 Å². The van der Waals surface area contributed by atoms with Crippen LogP contribution in [-0.4, -0.2) is 50.5 Å². The summed E-state index contributed by atoms with van der Waals surface area (Å²) in [5.41, 5.74) is 3.12. The maximum absolute atomic E-state index is 13.6. The molecular weight excluding hydrogens is 558 g/mol. The number of benzene rings is 3. The average molecular weight is 594 g/mol. The molecule has 0 saturated carbocycles. The zero-order valence-electron chi connectivity index (χ0n) is 24.8. The molecule has 226 valence electrons. The second kappa shape index (κ2) is 12.7. The number of hydrogen-bond acceptors (Lipinski definition) is 7. The van der Waals surface area contributed by atoms with Gasteiger partial charge in [0.1, 0.15) is 24.2 Å². The Hall–Kier alpha value is -5.05.